The van der Waals surface area contributed by atoms with E-state index in [1.807, 2.05) is 32.9 Å². The van der Waals surface area contributed by atoms with Crippen LogP contribution < -0.4 is 15.5 Å². The van der Waals surface area contributed by atoms with Crippen LogP contribution in [-0.4, -0.2) is 46.8 Å². The molecule has 1 fully saturated rings. The minimum Gasteiger partial charge on any atom is -0.368 e. The summed E-state index contributed by atoms with van der Waals surface area (Å²) in [6, 6.07) is 6.84. The lowest BCUT2D eigenvalue weighted by molar-refractivity contribution is 0.589. The number of pyridine rings is 1. The Morgan fingerprint density at radius 1 is 1.03 bits per heavy atom. The number of fused-ring (bicyclic) bond motifs is 1. The highest BCUT2D eigenvalue weighted by atomic mass is 19.1. The molecule has 0 saturated carbocycles. The Kier molecular flexibility index (Phi) is 5.28. The molecule has 2 aliphatic heterocycles. The molecule has 0 spiro atoms. The fraction of sp³-hybridized carbons (Fsp3) is 0.333. The average molecular weight is 450 g/mol. The van der Waals surface area contributed by atoms with Crippen molar-refractivity contribution in [2.75, 3.05) is 36.4 Å². The maximum Gasteiger partial charge on any atom is 0.229 e. The molecule has 1 saturated heterocycles. The summed E-state index contributed by atoms with van der Waals surface area (Å²) in [6.07, 6.45) is 2.87. The first-order valence-corrected chi connectivity index (χ1v) is 10.9. The molecular formula is C24H25F2N7. The van der Waals surface area contributed by atoms with Gasteiger partial charge in [-0.05, 0) is 36.8 Å². The third-order valence-corrected chi connectivity index (χ3v) is 6.41. The number of benzene rings is 1. The highest BCUT2D eigenvalue weighted by molar-refractivity contribution is 6.00. The second-order valence-corrected chi connectivity index (χ2v) is 8.83. The van der Waals surface area contributed by atoms with Crippen molar-refractivity contribution >= 4 is 28.9 Å². The van der Waals surface area contributed by atoms with Crippen molar-refractivity contribution in [1.82, 2.24) is 20.3 Å². The third kappa shape index (κ3) is 3.93. The van der Waals surface area contributed by atoms with E-state index < -0.39 is 17.0 Å². The molecule has 0 atom stereocenters. The van der Waals surface area contributed by atoms with Crippen molar-refractivity contribution in [3.05, 3.63) is 53.9 Å². The van der Waals surface area contributed by atoms with Gasteiger partial charge in [0.1, 0.15) is 23.0 Å². The van der Waals surface area contributed by atoms with Crippen molar-refractivity contribution in [3.63, 3.8) is 0 Å². The molecule has 2 aliphatic rings. The zero-order valence-corrected chi connectivity index (χ0v) is 18.8. The van der Waals surface area contributed by atoms with Crippen LogP contribution in [0.15, 0.2) is 41.7 Å². The van der Waals surface area contributed by atoms with Gasteiger partial charge in [0, 0.05) is 42.9 Å². The molecule has 0 amide bonds. The Balaban J connectivity index is 1.42. The number of halogens is 2. The van der Waals surface area contributed by atoms with Crippen molar-refractivity contribution in [2.45, 2.75) is 26.2 Å². The van der Waals surface area contributed by atoms with E-state index in [4.69, 9.17) is 0 Å². The van der Waals surface area contributed by atoms with Crippen molar-refractivity contribution in [2.24, 2.45) is 4.99 Å². The Labute approximate surface area is 191 Å². The molecule has 0 unspecified atom stereocenters. The van der Waals surface area contributed by atoms with E-state index in [1.165, 1.54) is 6.07 Å². The lowest BCUT2D eigenvalue weighted by Gasteiger charge is -2.29. The first kappa shape index (κ1) is 21.4. The van der Waals surface area contributed by atoms with Crippen LogP contribution in [0.1, 0.15) is 26.3 Å². The fourth-order valence-corrected chi connectivity index (χ4v) is 4.14. The molecule has 0 aliphatic carbocycles. The van der Waals surface area contributed by atoms with Crippen LogP contribution in [-0.2, 0) is 5.41 Å². The van der Waals surface area contributed by atoms with Gasteiger partial charge in [-0.2, -0.15) is 0 Å². The topological polar surface area (TPSA) is 78.3 Å². The third-order valence-electron chi connectivity index (χ3n) is 6.41. The number of piperazine rings is 1. The standard InChI is InChI=1S/C24H25F2N7/c1-14-24(2,3)17-10-15(11-18(25)22(17)30-14)21-19(26)13-29-23(32-21)31-20-5-4-16(12-28-20)33-8-6-27-7-9-33/h4-5,10-13,27H,6-9H2,1-3H3,(H,28,29,31,32). The van der Waals surface area contributed by atoms with Gasteiger partial charge in [0.05, 0.1) is 18.1 Å². The zero-order chi connectivity index (χ0) is 23.2. The molecule has 0 bridgehead atoms. The molecule has 7 nitrogen and oxygen atoms in total. The van der Waals surface area contributed by atoms with Gasteiger partial charge in [-0.1, -0.05) is 13.8 Å². The summed E-state index contributed by atoms with van der Waals surface area (Å²) in [5.41, 5.74) is 2.80. The zero-order valence-electron chi connectivity index (χ0n) is 18.8. The number of hydrogen-bond acceptors (Lipinski definition) is 7. The summed E-state index contributed by atoms with van der Waals surface area (Å²) in [7, 11) is 0. The number of hydrogen-bond donors (Lipinski definition) is 2. The summed E-state index contributed by atoms with van der Waals surface area (Å²) >= 11 is 0. The van der Waals surface area contributed by atoms with Crippen LogP contribution in [0.2, 0.25) is 0 Å². The van der Waals surface area contributed by atoms with Gasteiger partial charge < -0.3 is 15.5 Å². The summed E-state index contributed by atoms with van der Waals surface area (Å²) in [6.45, 7) is 9.55. The van der Waals surface area contributed by atoms with Gasteiger partial charge in [-0.25, -0.2) is 23.7 Å². The molecule has 0 radical (unpaired) electrons. The number of rotatable bonds is 4. The first-order chi connectivity index (χ1) is 15.8. The molecular weight excluding hydrogens is 424 g/mol. The largest absolute Gasteiger partial charge is 0.368 e. The van der Waals surface area contributed by atoms with Gasteiger partial charge >= 0.3 is 0 Å². The molecule has 3 aromatic rings. The Bertz CT molecular complexity index is 1230. The van der Waals surface area contributed by atoms with E-state index in [9.17, 15) is 8.78 Å². The summed E-state index contributed by atoms with van der Waals surface area (Å²) < 4.78 is 29.5. The van der Waals surface area contributed by atoms with Crippen LogP contribution >= 0.6 is 0 Å². The summed E-state index contributed by atoms with van der Waals surface area (Å²) in [5.74, 6) is -0.404. The Hall–Kier alpha value is -3.46. The monoisotopic (exact) mass is 449 g/mol. The molecule has 9 heteroatoms. The van der Waals surface area contributed by atoms with Crippen LogP contribution in [0, 0.1) is 11.6 Å². The Morgan fingerprint density at radius 2 is 1.82 bits per heavy atom. The normalized spacial score (nSPS) is 17.0. The van der Waals surface area contributed by atoms with Crippen LogP contribution in [0.4, 0.5) is 31.9 Å². The number of aliphatic imine (C=N–C) groups is 1. The average Bonchev–Trinajstić information content (AvgIpc) is 3.05. The van der Waals surface area contributed by atoms with E-state index >= 15 is 0 Å². The van der Waals surface area contributed by atoms with E-state index in [-0.39, 0.29) is 11.6 Å². The van der Waals surface area contributed by atoms with Crippen molar-refractivity contribution in [1.29, 1.82) is 0 Å². The van der Waals surface area contributed by atoms with E-state index in [0.29, 0.717) is 22.6 Å². The molecule has 2 aromatic heterocycles. The highest BCUT2D eigenvalue weighted by Gasteiger charge is 2.34. The molecule has 4 heterocycles. The summed E-state index contributed by atoms with van der Waals surface area (Å²) in [5, 5.41) is 6.34. The minimum atomic E-state index is -0.629. The van der Waals surface area contributed by atoms with Gasteiger partial charge in [0.15, 0.2) is 5.82 Å². The smallest absolute Gasteiger partial charge is 0.229 e. The first-order valence-electron chi connectivity index (χ1n) is 10.9. The Morgan fingerprint density at radius 3 is 2.55 bits per heavy atom. The predicted molar refractivity (Wildman–Crippen MR) is 126 cm³/mol. The van der Waals surface area contributed by atoms with Gasteiger partial charge in [-0.15, -0.1) is 0 Å². The lowest BCUT2D eigenvalue weighted by Crippen LogP contribution is -2.43. The number of anilines is 3. The van der Waals surface area contributed by atoms with Crippen LogP contribution in [0.5, 0.6) is 0 Å². The second kappa shape index (κ2) is 8.15. The molecule has 170 valence electrons. The highest BCUT2D eigenvalue weighted by Crippen LogP contribution is 2.43. The fourth-order valence-electron chi connectivity index (χ4n) is 4.14. The number of aromatic nitrogens is 3. The minimum absolute atomic E-state index is 0.0204. The maximum absolute atomic E-state index is 14.8. The van der Waals surface area contributed by atoms with Gasteiger partial charge in [0.2, 0.25) is 5.95 Å². The SMILES string of the molecule is CC1=Nc2c(F)cc(-c3nc(Nc4ccc(N5CCNCC5)cn4)ncc3F)cc2C1(C)C. The molecule has 2 N–H and O–H groups in total. The quantitative estimate of drug-likeness (QED) is 0.617. The van der Waals surface area contributed by atoms with Crippen molar-refractivity contribution in [3.8, 4) is 11.3 Å². The second-order valence-electron chi connectivity index (χ2n) is 8.83. The number of nitrogens with one attached hydrogen (secondary N) is 2. The van der Waals surface area contributed by atoms with E-state index in [2.05, 4.69) is 35.5 Å². The van der Waals surface area contributed by atoms with Gasteiger partial charge in [-0.3, -0.25) is 4.99 Å². The van der Waals surface area contributed by atoms with Crippen LogP contribution in [0.25, 0.3) is 11.3 Å². The van der Waals surface area contributed by atoms with Crippen molar-refractivity contribution < 1.29 is 8.78 Å². The molecule has 5 rings (SSSR count). The van der Waals surface area contributed by atoms with E-state index in [1.54, 1.807) is 12.3 Å². The molecule has 33 heavy (non-hydrogen) atoms. The van der Waals surface area contributed by atoms with E-state index in [0.717, 1.165) is 43.8 Å². The molecule has 1 aromatic carbocycles. The number of nitrogens with zero attached hydrogens (tertiary/aromatic N) is 5. The van der Waals surface area contributed by atoms with Crippen LogP contribution in [0.3, 0.4) is 0 Å². The summed E-state index contributed by atoms with van der Waals surface area (Å²) in [4.78, 5) is 19.4. The maximum atomic E-state index is 14.8. The predicted octanol–water partition coefficient (Wildman–Crippen LogP) is 4.35. The lowest BCUT2D eigenvalue weighted by atomic mass is 9.81. The van der Waals surface area contributed by atoms with Gasteiger partial charge in [0.25, 0.3) is 0 Å².